The van der Waals surface area contributed by atoms with Crippen molar-refractivity contribution in [3.8, 4) is 0 Å². The number of halogens is 3. The molecule has 0 aromatic rings. The van der Waals surface area contributed by atoms with Gasteiger partial charge in [-0.3, -0.25) is 0 Å². The second kappa shape index (κ2) is 2.69. The molecule has 64 valence electrons. The summed E-state index contributed by atoms with van der Waals surface area (Å²) in [5, 5.41) is 0.982. The van der Waals surface area contributed by atoms with Gasteiger partial charge in [-0.2, -0.15) is 13.2 Å². The van der Waals surface area contributed by atoms with Crippen LogP contribution in [-0.2, 0) is 9.63 Å². The first-order valence-electron chi connectivity index (χ1n) is 3.04. The summed E-state index contributed by atoms with van der Waals surface area (Å²) in [7, 11) is 0. The van der Waals surface area contributed by atoms with Gasteiger partial charge < -0.3 is 4.84 Å². The topological polar surface area (TPSA) is 29.5 Å². The van der Waals surface area contributed by atoms with Crippen molar-refractivity contribution in [2.75, 3.05) is 13.1 Å². The molecule has 1 heterocycles. The first kappa shape index (κ1) is 8.32. The molecule has 0 aromatic carbocycles. The van der Waals surface area contributed by atoms with Crippen LogP contribution in [0.1, 0.15) is 6.42 Å². The lowest BCUT2D eigenvalue weighted by atomic mass is 10.3. The van der Waals surface area contributed by atoms with Crippen LogP contribution < -0.4 is 0 Å². The summed E-state index contributed by atoms with van der Waals surface area (Å²) in [6.07, 6.45) is -4.11. The van der Waals surface area contributed by atoms with Gasteiger partial charge in [-0.1, -0.05) is 0 Å². The van der Waals surface area contributed by atoms with Gasteiger partial charge in [0.15, 0.2) is 0 Å². The third-order valence-electron chi connectivity index (χ3n) is 1.26. The molecule has 0 atom stereocenters. The largest absolute Gasteiger partial charge is 0.492 e. The van der Waals surface area contributed by atoms with Crippen LogP contribution in [0.15, 0.2) is 0 Å². The maximum absolute atomic E-state index is 11.5. The molecule has 6 heteroatoms. The minimum absolute atomic E-state index is 0.391. The number of nitrogens with zero attached hydrogens (tertiary/aromatic N) is 1. The van der Waals surface area contributed by atoms with E-state index in [0.717, 1.165) is 11.5 Å². The average molecular weight is 169 g/mol. The van der Waals surface area contributed by atoms with Crippen LogP contribution in [0.3, 0.4) is 0 Å². The first-order valence-corrected chi connectivity index (χ1v) is 3.04. The zero-order chi connectivity index (χ0) is 8.48. The van der Waals surface area contributed by atoms with Crippen molar-refractivity contribution >= 4 is 5.97 Å². The summed E-state index contributed by atoms with van der Waals surface area (Å²) in [6.45, 7) is 0.781. The van der Waals surface area contributed by atoms with Crippen LogP contribution in [0, 0.1) is 0 Å². The Morgan fingerprint density at radius 2 is 1.91 bits per heavy atom. The van der Waals surface area contributed by atoms with Gasteiger partial charge in [0.2, 0.25) is 0 Å². The highest BCUT2D eigenvalue weighted by atomic mass is 19.4. The molecule has 0 radical (unpaired) electrons. The molecule has 0 unspecified atom stereocenters. The van der Waals surface area contributed by atoms with Crippen molar-refractivity contribution in [3.63, 3.8) is 0 Å². The lowest BCUT2D eigenvalue weighted by Crippen LogP contribution is -2.42. The van der Waals surface area contributed by atoms with Gasteiger partial charge in [-0.15, -0.1) is 5.06 Å². The zero-order valence-corrected chi connectivity index (χ0v) is 5.52. The Bertz CT molecular complexity index is 164. The molecule has 1 saturated heterocycles. The Morgan fingerprint density at radius 1 is 1.36 bits per heavy atom. The fraction of sp³-hybridized carbons (Fsp3) is 0.800. The van der Waals surface area contributed by atoms with E-state index in [1.54, 1.807) is 0 Å². The van der Waals surface area contributed by atoms with Crippen molar-refractivity contribution < 1.29 is 22.8 Å². The van der Waals surface area contributed by atoms with Crippen molar-refractivity contribution in [1.29, 1.82) is 0 Å². The molecule has 3 nitrogen and oxygen atoms in total. The normalized spacial score (nSPS) is 19.2. The molecule has 0 aromatic heterocycles. The van der Waals surface area contributed by atoms with Crippen LogP contribution in [0.5, 0.6) is 0 Å². The Balaban J connectivity index is 2.30. The Morgan fingerprint density at radius 3 is 2.18 bits per heavy atom. The van der Waals surface area contributed by atoms with Crippen molar-refractivity contribution in [1.82, 2.24) is 5.06 Å². The molecule has 0 spiro atoms. The Labute approximate surface area is 60.7 Å². The second-order valence-corrected chi connectivity index (χ2v) is 2.16. The minimum Gasteiger partial charge on any atom is -0.361 e. The fourth-order valence-corrected chi connectivity index (χ4v) is 0.548. The zero-order valence-electron chi connectivity index (χ0n) is 5.52. The number of carbonyl (C=O) groups excluding carboxylic acids is 1. The lowest BCUT2D eigenvalue weighted by Gasteiger charge is -2.28. The van der Waals surface area contributed by atoms with E-state index in [1.807, 2.05) is 0 Å². The van der Waals surface area contributed by atoms with Crippen molar-refractivity contribution in [2.45, 2.75) is 12.6 Å². The minimum atomic E-state index is -4.88. The van der Waals surface area contributed by atoms with Gasteiger partial charge in [0.1, 0.15) is 0 Å². The molecule has 0 aliphatic carbocycles. The van der Waals surface area contributed by atoms with E-state index in [2.05, 4.69) is 4.84 Å². The number of rotatable bonds is 1. The SMILES string of the molecule is O=C(ON1CCC1)C(F)(F)F. The highest BCUT2D eigenvalue weighted by molar-refractivity contribution is 5.75. The Hall–Kier alpha value is -0.780. The van der Waals surface area contributed by atoms with E-state index in [-0.39, 0.29) is 0 Å². The van der Waals surface area contributed by atoms with Gasteiger partial charge in [0.05, 0.1) is 0 Å². The molecule has 0 N–H and O–H groups in total. The average Bonchev–Trinajstić information content (AvgIpc) is 1.75. The summed E-state index contributed by atoms with van der Waals surface area (Å²) in [5.74, 6) is -2.14. The third kappa shape index (κ3) is 2.07. The highest BCUT2D eigenvalue weighted by Gasteiger charge is 2.43. The van der Waals surface area contributed by atoms with Crippen LogP contribution >= 0.6 is 0 Å². The van der Waals surface area contributed by atoms with Gasteiger partial charge in [0, 0.05) is 13.1 Å². The molecular weight excluding hydrogens is 163 g/mol. The smallest absolute Gasteiger partial charge is 0.361 e. The van der Waals surface area contributed by atoms with Crippen molar-refractivity contribution in [3.05, 3.63) is 0 Å². The number of hydrogen-bond donors (Lipinski definition) is 0. The third-order valence-corrected chi connectivity index (χ3v) is 1.26. The van der Waals surface area contributed by atoms with E-state index < -0.39 is 12.1 Å². The molecule has 0 bridgehead atoms. The maximum atomic E-state index is 11.5. The number of carbonyl (C=O) groups is 1. The highest BCUT2D eigenvalue weighted by Crippen LogP contribution is 2.18. The standard InChI is InChI=1S/C5H6F3NO2/c6-5(7,8)4(10)11-9-2-1-3-9/h1-3H2. The second-order valence-electron chi connectivity index (χ2n) is 2.16. The van der Waals surface area contributed by atoms with Crippen LogP contribution in [0.4, 0.5) is 13.2 Å². The summed E-state index contributed by atoms with van der Waals surface area (Å²) in [6, 6.07) is 0. The van der Waals surface area contributed by atoms with E-state index in [0.29, 0.717) is 13.1 Å². The maximum Gasteiger partial charge on any atom is 0.492 e. The van der Waals surface area contributed by atoms with Crippen molar-refractivity contribution in [2.24, 2.45) is 0 Å². The molecular formula is C5H6F3NO2. The monoisotopic (exact) mass is 169 g/mol. The number of hydrogen-bond acceptors (Lipinski definition) is 3. The lowest BCUT2D eigenvalue weighted by molar-refractivity contribution is -0.250. The molecule has 1 fully saturated rings. The first-order chi connectivity index (χ1) is 5.00. The molecule has 0 saturated carbocycles. The summed E-state index contributed by atoms with van der Waals surface area (Å²) < 4.78 is 34.4. The van der Waals surface area contributed by atoms with Crippen LogP contribution in [0.2, 0.25) is 0 Å². The molecule has 1 rings (SSSR count). The summed E-state index contributed by atoms with van der Waals surface area (Å²) >= 11 is 0. The predicted octanol–water partition coefficient (Wildman–Crippen LogP) is 0.713. The van der Waals surface area contributed by atoms with E-state index >= 15 is 0 Å². The van der Waals surface area contributed by atoms with Gasteiger partial charge >= 0.3 is 12.1 Å². The fourth-order valence-electron chi connectivity index (χ4n) is 0.548. The Kier molecular flexibility index (Phi) is 2.03. The van der Waals surface area contributed by atoms with Gasteiger partial charge in [0.25, 0.3) is 0 Å². The molecule has 0 amide bonds. The molecule has 1 aliphatic rings. The number of hydroxylamine groups is 2. The summed E-state index contributed by atoms with van der Waals surface area (Å²) in [5.41, 5.74) is 0. The van der Waals surface area contributed by atoms with Gasteiger partial charge in [-0.25, -0.2) is 4.79 Å². The predicted molar refractivity (Wildman–Crippen MR) is 28.3 cm³/mol. The summed E-state index contributed by atoms with van der Waals surface area (Å²) in [4.78, 5) is 14.0. The molecule has 1 aliphatic heterocycles. The van der Waals surface area contributed by atoms with Gasteiger partial charge in [-0.05, 0) is 6.42 Å². The van der Waals surface area contributed by atoms with E-state index in [4.69, 9.17) is 0 Å². The number of alkyl halides is 3. The molecule has 11 heavy (non-hydrogen) atoms. The van der Waals surface area contributed by atoms with E-state index in [9.17, 15) is 18.0 Å². The van der Waals surface area contributed by atoms with E-state index in [1.165, 1.54) is 0 Å². The van der Waals surface area contributed by atoms with Crippen LogP contribution in [-0.4, -0.2) is 30.3 Å². The van der Waals surface area contributed by atoms with Crippen LogP contribution in [0.25, 0.3) is 0 Å². The quantitative estimate of drug-likeness (QED) is 0.579.